The Labute approximate surface area is 191 Å². The summed E-state index contributed by atoms with van der Waals surface area (Å²) < 4.78 is 0. The van der Waals surface area contributed by atoms with E-state index < -0.39 is 0 Å². The van der Waals surface area contributed by atoms with Gasteiger partial charge in [0.15, 0.2) is 11.6 Å². The first-order chi connectivity index (χ1) is 15.5. The van der Waals surface area contributed by atoms with E-state index in [0.29, 0.717) is 0 Å². The SMILES string of the molecule is CC(=O)c1ccc(N2CCN(c3nc(-c4cccnc4)nc4sc(C)c(C)c34)CC2)cc1. The number of Topliss-reactive ketones (excluding diaryl/α,β-unsaturated/α-hetero) is 1. The molecule has 0 radical (unpaired) electrons. The lowest BCUT2D eigenvalue weighted by molar-refractivity contribution is 0.101. The van der Waals surface area contributed by atoms with Gasteiger partial charge >= 0.3 is 0 Å². The Morgan fingerprint density at radius 2 is 1.69 bits per heavy atom. The van der Waals surface area contributed by atoms with E-state index in [1.807, 2.05) is 42.6 Å². The van der Waals surface area contributed by atoms with Crippen molar-refractivity contribution in [1.82, 2.24) is 15.0 Å². The molecule has 0 N–H and O–H groups in total. The third-order valence-electron chi connectivity index (χ3n) is 6.15. The van der Waals surface area contributed by atoms with Crippen LogP contribution in [-0.2, 0) is 0 Å². The van der Waals surface area contributed by atoms with Crippen LogP contribution in [0, 0.1) is 13.8 Å². The zero-order valence-corrected chi connectivity index (χ0v) is 19.3. The van der Waals surface area contributed by atoms with Crippen LogP contribution in [0.2, 0.25) is 0 Å². The molecule has 4 aromatic rings. The minimum atomic E-state index is 0.0972. The standard InChI is InChI=1S/C25H25N5OS/c1-16-18(3)32-25-22(16)24(27-23(28-25)20-5-4-10-26-15-20)30-13-11-29(12-14-30)21-8-6-19(7-9-21)17(2)31/h4-10,15H,11-14H2,1-3H3. The first kappa shape index (κ1) is 20.6. The second kappa shape index (κ2) is 8.31. The fraction of sp³-hybridized carbons (Fsp3) is 0.280. The molecule has 7 heteroatoms. The molecule has 0 unspecified atom stereocenters. The number of hydrogen-bond donors (Lipinski definition) is 0. The van der Waals surface area contributed by atoms with Crippen molar-refractivity contribution in [2.75, 3.05) is 36.0 Å². The van der Waals surface area contributed by atoms with Crippen molar-refractivity contribution in [2.45, 2.75) is 20.8 Å². The van der Waals surface area contributed by atoms with Gasteiger partial charge in [0, 0.05) is 60.3 Å². The molecule has 6 nitrogen and oxygen atoms in total. The maximum Gasteiger partial charge on any atom is 0.164 e. The molecule has 162 valence electrons. The quantitative estimate of drug-likeness (QED) is 0.418. The molecule has 0 atom stereocenters. The van der Waals surface area contributed by atoms with Crippen LogP contribution in [-0.4, -0.2) is 46.9 Å². The third-order valence-corrected chi connectivity index (χ3v) is 7.25. The third kappa shape index (κ3) is 3.73. The number of thiophene rings is 1. The van der Waals surface area contributed by atoms with Crippen LogP contribution in [0.3, 0.4) is 0 Å². The van der Waals surface area contributed by atoms with Crippen molar-refractivity contribution >= 4 is 38.8 Å². The zero-order chi connectivity index (χ0) is 22.2. The molecule has 32 heavy (non-hydrogen) atoms. The van der Waals surface area contributed by atoms with Gasteiger partial charge in [-0.05, 0) is 62.7 Å². The van der Waals surface area contributed by atoms with Gasteiger partial charge in [-0.2, -0.15) is 0 Å². The Morgan fingerprint density at radius 3 is 2.34 bits per heavy atom. The summed E-state index contributed by atoms with van der Waals surface area (Å²) in [6.07, 6.45) is 3.59. The molecule has 0 bridgehead atoms. The number of rotatable bonds is 4. The summed E-state index contributed by atoms with van der Waals surface area (Å²) in [6, 6.07) is 11.8. The number of aryl methyl sites for hydroxylation is 2. The number of pyridine rings is 1. The summed E-state index contributed by atoms with van der Waals surface area (Å²) in [6.45, 7) is 9.47. The Balaban J connectivity index is 1.45. The molecule has 0 amide bonds. The molecular weight excluding hydrogens is 418 g/mol. The van der Waals surface area contributed by atoms with Gasteiger partial charge in [-0.25, -0.2) is 9.97 Å². The molecule has 1 aliphatic heterocycles. The van der Waals surface area contributed by atoms with Gasteiger partial charge in [0.25, 0.3) is 0 Å². The average Bonchev–Trinajstić information content (AvgIpc) is 3.12. The number of carbonyl (C=O) groups is 1. The maximum atomic E-state index is 11.6. The highest BCUT2D eigenvalue weighted by Crippen LogP contribution is 2.37. The Morgan fingerprint density at radius 1 is 0.969 bits per heavy atom. The monoisotopic (exact) mass is 443 g/mol. The highest BCUT2D eigenvalue weighted by atomic mass is 32.1. The number of anilines is 2. The summed E-state index contributed by atoms with van der Waals surface area (Å²) in [5.74, 6) is 1.84. The fourth-order valence-corrected chi connectivity index (χ4v) is 5.19. The number of hydrogen-bond acceptors (Lipinski definition) is 7. The van der Waals surface area contributed by atoms with E-state index in [2.05, 4.69) is 28.6 Å². The van der Waals surface area contributed by atoms with E-state index in [1.54, 1.807) is 24.5 Å². The summed E-state index contributed by atoms with van der Waals surface area (Å²) >= 11 is 1.73. The lowest BCUT2D eigenvalue weighted by Gasteiger charge is -2.37. The molecule has 3 aromatic heterocycles. The van der Waals surface area contributed by atoms with Gasteiger partial charge in [-0.3, -0.25) is 9.78 Å². The predicted molar refractivity (Wildman–Crippen MR) is 131 cm³/mol. The predicted octanol–water partition coefficient (Wildman–Crippen LogP) is 4.90. The van der Waals surface area contributed by atoms with Crippen molar-refractivity contribution in [1.29, 1.82) is 0 Å². The van der Waals surface area contributed by atoms with E-state index in [4.69, 9.17) is 9.97 Å². The van der Waals surface area contributed by atoms with Crippen LogP contribution in [0.1, 0.15) is 27.7 Å². The van der Waals surface area contributed by atoms with Crippen molar-refractivity contribution in [3.8, 4) is 11.4 Å². The maximum absolute atomic E-state index is 11.6. The van der Waals surface area contributed by atoms with Crippen molar-refractivity contribution < 1.29 is 4.79 Å². The van der Waals surface area contributed by atoms with Gasteiger partial charge in [0.05, 0.1) is 5.39 Å². The number of piperazine rings is 1. The van der Waals surface area contributed by atoms with Crippen LogP contribution in [0.15, 0.2) is 48.8 Å². The van der Waals surface area contributed by atoms with E-state index >= 15 is 0 Å². The van der Waals surface area contributed by atoms with Gasteiger partial charge in [-0.15, -0.1) is 11.3 Å². The average molecular weight is 444 g/mol. The summed E-state index contributed by atoms with van der Waals surface area (Å²) in [7, 11) is 0. The van der Waals surface area contributed by atoms with Crippen molar-refractivity contribution in [3.63, 3.8) is 0 Å². The van der Waals surface area contributed by atoms with E-state index in [9.17, 15) is 4.79 Å². The normalized spacial score (nSPS) is 14.2. The lowest BCUT2D eigenvalue weighted by Crippen LogP contribution is -2.47. The van der Waals surface area contributed by atoms with Crippen LogP contribution in [0.5, 0.6) is 0 Å². The van der Waals surface area contributed by atoms with Crippen LogP contribution >= 0.6 is 11.3 Å². The fourth-order valence-electron chi connectivity index (χ4n) is 4.16. The van der Waals surface area contributed by atoms with Crippen LogP contribution in [0.25, 0.3) is 21.6 Å². The first-order valence-electron chi connectivity index (χ1n) is 10.8. The molecular formula is C25H25N5OS. The second-order valence-corrected chi connectivity index (χ2v) is 9.36. The molecule has 0 spiro atoms. The minimum Gasteiger partial charge on any atom is -0.368 e. The van der Waals surface area contributed by atoms with Gasteiger partial charge in [-0.1, -0.05) is 0 Å². The Kier molecular flexibility index (Phi) is 5.35. The van der Waals surface area contributed by atoms with Crippen molar-refractivity contribution in [2.24, 2.45) is 0 Å². The molecule has 1 saturated heterocycles. The first-order valence-corrected chi connectivity index (χ1v) is 11.6. The van der Waals surface area contributed by atoms with Crippen LogP contribution in [0.4, 0.5) is 11.5 Å². The van der Waals surface area contributed by atoms with Crippen LogP contribution < -0.4 is 9.80 Å². The lowest BCUT2D eigenvalue weighted by atomic mass is 10.1. The van der Waals surface area contributed by atoms with Gasteiger partial charge in [0.2, 0.25) is 0 Å². The molecule has 5 rings (SSSR count). The highest BCUT2D eigenvalue weighted by molar-refractivity contribution is 7.18. The summed E-state index contributed by atoms with van der Waals surface area (Å²) in [5.41, 5.74) is 4.10. The Bertz CT molecular complexity index is 1280. The molecule has 1 fully saturated rings. The number of aromatic nitrogens is 3. The Hall–Kier alpha value is -3.32. The van der Waals surface area contributed by atoms with Gasteiger partial charge in [0.1, 0.15) is 10.6 Å². The van der Waals surface area contributed by atoms with E-state index in [1.165, 1.54) is 15.8 Å². The number of ketones is 1. The molecule has 1 aromatic carbocycles. The molecule has 0 saturated carbocycles. The summed E-state index contributed by atoms with van der Waals surface area (Å²) in [4.78, 5) is 32.8. The topological polar surface area (TPSA) is 62.2 Å². The summed E-state index contributed by atoms with van der Waals surface area (Å²) in [5, 5.41) is 1.17. The van der Waals surface area contributed by atoms with Gasteiger partial charge < -0.3 is 9.80 Å². The number of nitrogens with zero attached hydrogens (tertiary/aromatic N) is 5. The molecule has 4 heterocycles. The number of carbonyl (C=O) groups excluding carboxylic acids is 1. The second-order valence-electron chi connectivity index (χ2n) is 8.15. The highest BCUT2D eigenvalue weighted by Gasteiger charge is 2.24. The number of fused-ring (bicyclic) bond motifs is 1. The smallest absolute Gasteiger partial charge is 0.164 e. The minimum absolute atomic E-state index is 0.0972. The zero-order valence-electron chi connectivity index (χ0n) is 18.5. The molecule has 1 aliphatic rings. The molecule has 0 aliphatic carbocycles. The van der Waals surface area contributed by atoms with E-state index in [0.717, 1.165) is 59.5 Å². The largest absolute Gasteiger partial charge is 0.368 e. The number of benzene rings is 1. The van der Waals surface area contributed by atoms with E-state index in [-0.39, 0.29) is 5.78 Å². The van der Waals surface area contributed by atoms with Crippen molar-refractivity contribution in [3.05, 3.63) is 64.8 Å².